The minimum absolute atomic E-state index is 0.229. The summed E-state index contributed by atoms with van der Waals surface area (Å²) in [4.78, 5) is 11.8. The smallest absolute Gasteiger partial charge is 0.220 e. The lowest BCUT2D eigenvalue weighted by Crippen LogP contribution is -2.37. The molecule has 2 fully saturated rings. The van der Waals surface area contributed by atoms with Crippen LogP contribution in [0.2, 0.25) is 0 Å². The first kappa shape index (κ1) is 13.2. The molecule has 0 saturated carbocycles. The predicted molar refractivity (Wildman–Crippen MR) is 73.4 cm³/mol. The third-order valence-corrected chi connectivity index (χ3v) is 5.38. The van der Waals surface area contributed by atoms with Gasteiger partial charge in [0.15, 0.2) is 0 Å². The average molecular weight is 256 g/mol. The van der Waals surface area contributed by atoms with Crippen LogP contribution in [0.25, 0.3) is 0 Å². The van der Waals surface area contributed by atoms with E-state index in [0.29, 0.717) is 17.2 Å². The lowest BCUT2D eigenvalue weighted by Gasteiger charge is -2.23. The van der Waals surface area contributed by atoms with Crippen molar-refractivity contribution in [3.63, 3.8) is 0 Å². The van der Waals surface area contributed by atoms with Gasteiger partial charge < -0.3 is 10.6 Å². The molecular formula is C13H24N2OS. The van der Waals surface area contributed by atoms with Gasteiger partial charge in [0.25, 0.3) is 0 Å². The summed E-state index contributed by atoms with van der Waals surface area (Å²) in [6.45, 7) is 4.24. The van der Waals surface area contributed by atoms with E-state index in [4.69, 9.17) is 0 Å². The second-order valence-electron chi connectivity index (χ2n) is 5.51. The Morgan fingerprint density at radius 1 is 1.53 bits per heavy atom. The van der Waals surface area contributed by atoms with Crippen molar-refractivity contribution in [1.82, 2.24) is 10.6 Å². The number of amides is 1. The fourth-order valence-corrected chi connectivity index (χ4v) is 3.90. The molecule has 0 aromatic rings. The van der Waals surface area contributed by atoms with Crippen molar-refractivity contribution >= 4 is 17.7 Å². The van der Waals surface area contributed by atoms with Gasteiger partial charge in [0.1, 0.15) is 0 Å². The Kier molecular flexibility index (Phi) is 4.74. The Bertz CT molecular complexity index is 258. The lowest BCUT2D eigenvalue weighted by atomic mass is 10.1. The van der Waals surface area contributed by atoms with Crippen LogP contribution < -0.4 is 10.6 Å². The third kappa shape index (κ3) is 4.18. The van der Waals surface area contributed by atoms with Gasteiger partial charge in [-0.15, -0.1) is 0 Å². The number of thioether (sulfide) groups is 1. The number of nitrogens with one attached hydrogen (secondary N) is 2. The first-order chi connectivity index (χ1) is 8.18. The van der Waals surface area contributed by atoms with Crippen LogP contribution in [0.3, 0.4) is 0 Å². The van der Waals surface area contributed by atoms with E-state index in [-0.39, 0.29) is 5.91 Å². The van der Waals surface area contributed by atoms with E-state index in [1.165, 1.54) is 31.4 Å². The summed E-state index contributed by atoms with van der Waals surface area (Å²) in [6.07, 6.45) is 6.71. The maximum atomic E-state index is 11.8. The minimum Gasteiger partial charge on any atom is -0.355 e. The molecule has 0 spiro atoms. The lowest BCUT2D eigenvalue weighted by molar-refractivity contribution is -0.121. The second-order valence-corrected chi connectivity index (χ2v) is 7.19. The zero-order valence-corrected chi connectivity index (χ0v) is 11.6. The molecule has 2 atom stereocenters. The Balaban J connectivity index is 1.60. The van der Waals surface area contributed by atoms with Crippen LogP contribution in [0.1, 0.15) is 45.4 Å². The first-order valence-corrected chi connectivity index (χ1v) is 7.81. The maximum absolute atomic E-state index is 11.8. The van der Waals surface area contributed by atoms with Crippen molar-refractivity contribution < 1.29 is 4.79 Å². The predicted octanol–water partition coefficient (Wildman–Crippen LogP) is 1.92. The largest absolute Gasteiger partial charge is 0.355 e. The number of rotatable bonds is 5. The van der Waals surface area contributed by atoms with Crippen molar-refractivity contribution in [3.8, 4) is 0 Å². The molecule has 98 valence electrons. The van der Waals surface area contributed by atoms with Crippen molar-refractivity contribution in [2.45, 2.75) is 56.2 Å². The fourth-order valence-electron chi connectivity index (χ4n) is 2.66. The van der Waals surface area contributed by atoms with Crippen LogP contribution in [0.4, 0.5) is 0 Å². The third-order valence-electron chi connectivity index (χ3n) is 3.84. The van der Waals surface area contributed by atoms with E-state index in [1.54, 1.807) is 0 Å². The van der Waals surface area contributed by atoms with Crippen molar-refractivity contribution in [1.29, 1.82) is 0 Å². The summed E-state index contributed by atoms with van der Waals surface area (Å²) in [5.41, 5.74) is 0. The topological polar surface area (TPSA) is 41.1 Å². The molecule has 0 bridgehead atoms. The monoisotopic (exact) mass is 256 g/mol. The zero-order chi connectivity index (χ0) is 12.1. The van der Waals surface area contributed by atoms with Crippen LogP contribution in [0.5, 0.6) is 0 Å². The molecule has 4 heteroatoms. The second kappa shape index (κ2) is 6.10. The van der Waals surface area contributed by atoms with Crippen molar-refractivity contribution in [2.24, 2.45) is 0 Å². The molecule has 1 amide bonds. The Morgan fingerprint density at radius 3 is 3.06 bits per heavy atom. The molecule has 0 aromatic carbocycles. The van der Waals surface area contributed by atoms with E-state index in [9.17, 15) is 4.79 Å². The summed E-state index contributed by atoms with van der Waals surface area (Å²) in [7, 11) is 0. The van der Waals surface area contributed by atoms with Gasteiger partial charge in [-0.3, -0.25) is 4.79 Å². The van der Waals surface area contributed by atoms with Crippen LogP contribution in [0.15, 0.2) is 0 Å². The van der Waals surface area contributed by atoms with Crippen LogP contribution in [0, 0.1) is 0 Å². The molecule has 0 aliphatic carbocycles. The summed E-state index contributed by atoms with van der Waals surface area (Å²) < 4.78 is 0.293. The number of carbonyl (C=O) groups is 1. The van der Waals surface area contributed by atoms with E-state index in [1.807, 2.05) is 11.8 Å². The van der Waals surface area contributed by atoms with Crippen molar-refractivity contribution in [2.75, 3.05) is 18.8 Å². The van der Waals surface area contributed by atoms with Crippen LogP contribution >= 0.6 is 11.8 Å². The van der Waals surface area contributed by atoms with Gasteiger partial charge in [-0.2, -0.15) is 11.8 Å². The summed E-state index contributed by atoms with van der Waals surface area (Å²) in [5.74, 6) is 1.48. The van der Waals surface area contributed by atoms with E-state index >= 15 is 0 Å². The Hall–Kier alpha value is -0.220. The standard InChI is InChI=1S/C13H24N2OS/c1-13(7-3-9-17-13)10-15-12(16)6-5-11-4-2-8-14-11/h11,14H,2-10H2,1H3,(H,15,16). The molecule has 2 heterocycles. The van der Waals surface area contributed by atoms with Gasteiger partial charge in [-0.1, -0.05) is 0 Å². The number of hydrogen-bond donors (Lipinski definition) is 2. The molecule has 2 N–H and O–H groups in total. The van der Waals surface area contributed by atoms with Gasteiger partial charge in [0.2, 0.25) is 5.91 Å². The molecular weight excluding hydrogens is 232 g/mol. The van der Waals surface area contributed by atoms with E-state index < -0.39 is 0 Å². The van der Waals surface area contributed by atoms with Gasteiger partial charge in [0, 0.05) is 23.8 Å². The highest BCUT2D eigenvalue weighted by Gasteiger charge is 2.29. The summed E-state index contributed by atoms with van der Waals surface area (Å²) in [6, 6.07) is 0.581. The average Bonchev–Trinajstić information content (AvgIpc) is 2.95. The summed E-state index contributed by atoms with van der Waals surface area (Å²) in [5, 5.41) is 6.53. The highest BCUT2D eigenvalue weighted by atomic mass is 32.2. The Labute approximate surface area is 108 Å². The molecule has 2 unspecified atom stereocenters. The summed E-state index contributed by atoms with van der Waals surface area (Å²) >= 11 is 2.00. The SMILES string of the molecule is CC1(CNC(=O)CCC2CCCN2)CCCS1. The molecule has 2 rings (SSSR count). The molecule has 2 aliphatic rings. The van der Waals surface area contributed by atoms with Gasteiger partial charge >= 0.3 is 0 Å². The molecule has 0 radical (unpaired) electrons. The van der Waals surface area contributed by atoms with E-state index in [2.05, 4.69) is 17.6 Å². The van der Waals surface area contributed by atoms with Crippen molar-refractivity contribution in [3.05, 3.63) is 0 Å². The maximum Gasteiger partial charge on any atom is 0.220 e. The first-order valence-electron chi connectivity index (χ1n) is 6.82. The van der Waals surface area contributed by atoms with Crippen LogP contribution in [-0.4, -0.2) is 35.5 Å². The quantitative estimate of drug-likeness (QED) is 0.789. The molecule has 3 nitrogen and oxygen atoms in total. The van der Waals surface area contributed by atoms with Gasteiger partial charge in [0.05, 0.1) is 0 Å². The van der Waals surface area contributed by atoms with E-state index in [0.717, 1.165) is 19.5 Å². The van der Waals surface area contributed by atoms with Crippen LogP contribution in [-0.2, 0) is 4.79 Å². The van der Waals surface area contributed by atoms with Gasteiger partial charge in [-0.05, 0) is 51.3 Å². The van der Waals surface area contributed by atoms with Gasteiger partial charge in [-0.25, -0.2) is 0 Å². The zero-order valence-electron chi connectivity index (χ0n) is 10.8. The highest BCUT2D eigenvalue weighted by molar-refractivity contribution is 8.00. The molecule has 0 aromatic heterocycles. The normalized spacial score (nSPS) is 32.9. The molecule has 17 heavy (non-hydrogen) atoms. The molecule has 2 saturated heterocycles. The minimum atomic E-state index is 0.229. The number of hydrogen-bond acceptors (Lipinski definition) is 3. The molecule has 2 aliphatic heterocycles. The Morgan fingerprint density at radius 2 is 2.41 bits per heavy atom. The highest BCUT2D eigenvalue weighted by Crippen LogP contribution is 2.36. The number of carbonyl (C=O) groups excluding carboxylic acids is 1. The fraction of sp³-hybridized carbons (Fsp3) is 0.923.